The van der Waals surface area contributed by atoms with Crippen molar-refractivity contribution in [3.8, 4) is 0 Å². The number of aryl methyl sites for hydroxylation is 1. The van der Waals surface area contributed by atoms with Gasteiger partial charge in [0.1, 0.15) is 0 Å². The summed E-state index contributed by atoms with van der Waals surface area (Å²) in [4.78, 5) is 26.2. The number of carboxylic acids is 1. The van der Waals surface area contributed by atoms with E-state index in [1.165, 1.54) is 6.20 Å². The van der Waals surface area contributed by atoms with Crippen molar-refractivity contribution < 1.29 is 24.3 Å². The third-order valence-electron chi connectivity index (χ3n) is 2.76. The van der Waals surface area contributed by atoms with Gasteiger partial charge in [-0.15, -0.1) is 0 Å². The summed E-state index contributed by atoms with van der Waals surface area (Å²) in [7, 11) is 0. The average Bonchev–Trinajstić information content (AvgIpc) is 2.79. The molecule has 0 spiro atoms. The second kappa shape index (κ2) is 5.66. The number of hydrogen-bond donors (Lipinski definition) is 3. The van der Waals surface area contributed by atoms with Crippen LogP contribution in [0.15, 0.2) is 16.8 Å². The highest BCUT2D eigenvalue weighted by molar-refractivity contribution is 5.96. The molecule has 2 rings (SSSR count). The van der Waals surface area contributed by atoms with Crippen LogP contribution in [0, 0.1) is 6.92 Å². The maximum Gasteiger partial charge on any atom is 0.332 e. The van der Waals surface area contributed by atoms with Gasteiger partial charge in [-0.3, -0.25) is 4.79 Å². The van der Waals surface area contributed by atoms with Crippen LogP contribution in [0.5, 0.6) is 0 Å². The van der Waals surface area contributed by atoms with E-state index in [0.29, 0.717) is 22.4 Å². The van der Waals surface area contributed by atoms with E-state index in [0.717, 1.165) is 0 Å². The minimum absolute atomic E-state index is 0.0486. The highest BCUT2D eigenvalue weighted by Gasteiger charge is 2.14. The molecule has 0 unspecified atom stereocenters. The number of carbonyl (C=O) groups excluding carboxylic acids is 1. The minimum atomic E-state index is -1.49. The van der Waals surface area contributed by atoms with Crippen molar-refractivity contribution in [3.63, 3.8) is 0 Å². The quantitative estimate of drug-likeness (QED) is 0.708. The van der Waals surface area contributed by atoms with E-state index < -0.39 is 18.0 Å². The lowest BCUT2D eigenvalue weighted by molar-refractivity contribution is -0.146. The molecule has 8 heteroatoms. The van der Waals surface area contributed by atoms with Gasteiger partial charge in [0.15, 0.2) is 6.10 Å². The van der Waals surface area contributed by atoms with Crippen LogP contribution in [0.3, 0.4) is 0 Å². The molecule has 0 saturated carbocycles. The number of aliphatic carboxylic acids is 1. The third kappa shape index (κ3) is 2.91. The number of aliphatic hydroxyl groups is 1. The van der Waals surface area contributed by atoms with Crippen LogP contribution in [0.25, 0.3) is 11.1 Å². The molecule has 3 N–H and O–H groups in total. The van der Waals surface area contributed by atoms with Crippen LogP contribution in [-0.4, -0.2) is 44.9 Å². The number of nitrogens with zero attached hydrogens (tertiary/aromatic N) is 2. The summed E-state index contributed by atoms with van der Waals surface area (Å²) in [5, 5.41) is 24.5. The van der Waals surface area contributed by atoms with Gasteiger partial charge in [-0.25, -0.2) is 9.78 Å². The lowest BCUT2D eigenvalue weighted by atomic mass is 10.2. The minimum Gasteiger partial charge on any atom is -0.479 e. The molecule has 106 valence electrons. The largest absolute Gasteiger partial charge is 0.479 e. The summed E-state index contributed by atoms with van der Waals surface area (Å²) in [6, 6.07) is 1.59. The zero-order valence-corrected chi connectivity index (χ0v) is 10.7. The topological polar surface area (TPSA) is 126 Å². The molecule has 1 amide bonds. The molecule has 0 fully saturated rings. The number of aliphatic hydroxyl groups excluding tert-OH is 1. The van der Waals surface area contributed by atoms with E-state index in [2.05, 4.69) is 15.5 Å². The first-order valence-corrected chi connectivity index (χ1v) is 5.90. The zero-order valence-electron chi connectivity index (χ0n) is 10.7. The summed E-state index contributed by atoms with van der Waals surface area (Å²) in [6.07, 6.45) is -0.213. The van der Waals surface area contributed by atoms with Gasteiger partial charge in [-0.2, -0.15) is 0 Å². The first-order chi connectivity index (χ1) is 9.49. The molecule has 20 heavy (non-hydrogen) atoms. The Morgan fingerprint density at radius 2 is 2.25 bits per heavy atom. The Bertz CT molecular complexity index is 652. The van der Waals surface area contributed by atoms with Crippen molar-refractivity contribution in [1.29, 1.82) is 0 Å². The molecular formula is C12H13N3O5. The molecule has 0 aromatic carbocycles. The molecule has 8 nitrogen and oxygen atoms in total. The summed E-state index contributed by atoms with van der Waals surface area (Å²) < 4.78 is 4.93. The van der Waals surface area contributed by atoms with Crippen molar-refractivity contribution >= 4 is 23.0 Å². The normalized spacial score (nSPS) is 12.3. The van der Waals surface area contributed by atoms with Crippen molar-refractivity contribution in [1.82, 2.24) is 15.5 Å². The van der Waals surface area contributed by atoms with Crippen molar-refractivity contribution in [2.75, 3.05) is 6.54 Å². The fourth-order valence-corrected chi connectivity index (χ4v) is 1.62. The highest BCUT2D eigenvalue weighted by atomic mass is 16.5. The summed E-state index contributed by atoms with van der Waals surface area (Å²) in [6.45, 7) is 1.78. The summed E-state index contributed by atoms with van der Waals surface area (Å²) >= 11 is 0. The first kappa shape index (κ1) is 13.9. The SMILES string of the molecule is Cc1noc2ncc(C(=O)NCC[C@H](O)C(=O)O)cc12. The summed E-state index contributed by atoms with van der Waals surface area (Å²) in [5.74, 6) is -1.72. The Balaban J connectivity index is 2.00. The fraction of sp³-hybridized carbons (Fsp3) is 0.333. The van der Waals surface area contributed by atoms with Crippen molar-refractivity contribution in [2.24, 2.45) is 0 Å². The molecule has 0 saturated heterocycles. The van der Waals surface area contributed by atoms with Gasteiger partial charge < -0.3 is 20.1 Å². The Morgan fingerprint density at radius 3 is 2.95 bits per heavy atom. The molecule has 2 aromatic heterocycles. The number of aromatic nitrogens is 2. The predicted octanol–water partition coefficient (Wildman–Crippen LogP) is 0.0966. The monoisotopic (exact) mass is 279 g/mol. The number of fused-ring (bicyclic) bond motifs is 1. The van der Waals surface area contributed by atoms with E-state index in [1.807, 2.05) is 0 Å². The van der Waals surface area contributed by atoms with Crippen molar-refractivity contribution in [2.45, 2.75) is 19.4 Å². The number of rotatable bonds is 5. The number of nitrogens with one attached hydrogen (secondary N) is 1. The number of amides is 1. The maximum atomic E-state index is 11.8. The summed E-state index contributed by atoms with van der Waals surface area (Å²) in [5.41, 5.74) is 1.29. The van der Waals surface area contributed by atoms with Crippen LogP contribution in [0.4, 0.5) is 0 Å². The zero-order chi connectivity index (χ0) is 14.7. The fourth-order valence-electron chi connectivity index (χ4n) is 1.62. The Kier molecular flexibility index (Phi) is 3.94. The van der Waals surface area contributed by atoms with Gasteiger partial charge in [0.05, 0.1) is 16.6 Å². The molecular weight excluding hydrogens is 266 g/mol. The average molecular weight is 279 g/mol. The molecule has 0 aliphatic carbocycles. The maximum absolute atomic E-state index is 11.8. The molecule has 2 heterocycles. The van der Waals surface area contributed by atoms with Gasteiger partial charge in [0.25, 0.3) is 11.6 Å². The van der Waals surface area contributed by atoms with Crippen LogP contribution >= 0.6 is 0 Å². The highest BCUT2D eigenvalue weighted by Crippen LogP contribution is 2.16. The van der Waals surface area contributed by atoms with Crippen LogP contribution in [-0.2, 0) is 4.79 Å². The molecule has 0 aliphatic rings. The predicted molar refractivity (Wildman–Crippen MR) is 67.1 cm³/mol. The number of carbonyl (C=O) groups is 2. The van der Waals surface area contributed by atoms with E-state index >= 15 is 0 Å². The number of pyridine rings is 1. The molecule has 0 aliphatic heterocycles. The standard InChI is InChI=1S/C12H13N3O5/c1-6-8-4-7(5-14-11(8)20-15-6)10(17)13-3-2-9(16)12(18)19/h4-5,9,16H,2-3H2,1H3,(H,13,17)(H,18,19)/t9-/m0/s1. The molecule has 0 radical (unpaired) electrons. The first-order valence-electron chi connectivity index (χ1n) is 5.90. The van der Waals surface area contributed by atoms with Gasteiger partial charge in [0, 0.05) is 19.2 Å². The van der Waals surface area contributed by atoms with Crippen LogP contribution in [0.1, 0.15) is 22.5 Å². The molecule has 0 bridgehead atoms. The Hall–Kier alpha value is -2.48. The van der Waals surface area contributed by atoms with Gasteiger partial charge in [-0.05, 0) is 13.0 Å². The van der Waals surface area contributed by atoms with Crippen LogP contribution < -0.4 is 5.32 Å². The number of hydrogen-bond acceptors (Lipinski definition) is 6. The van der Waals surface area contributed by atoms with E-state index in [4.69, 9.17) is 14.7 Å². The third-order valence-corrected chi connectivity index (χ3v) is 2.76. The van der Waals surface area contributed by atoms with Gasteiger partial charge in [-0.1, -0.05) is 5.16 Å². The van der Waals surface area contributed by atoms with Crippen molar-refractivity contribution in [3.05, 3.63) is 23.5 Å². The van der Waals surface area contributed by atoms with Gasteiger partial charge in [0.2, 0.25) is 0 Å². The lowest BCUT2D eigenvalue weighted by Crippen LogP contribution is -2.30. The van der Waals surface area contributed by atoms with E-state index in [-0.39, 0.29) is 13.0 Å². The van der Waals surface area contributed by atoms with E-state index in [1.54, 1.807) is 13.0 Å². The molecule has 2 aromatic rings. The Labute approximate surface area is 113 Å². The second-order valence-electron chi connectivity index (χ2n) is 4.24. The molecule has 1 atom stereocenters. The smallest absolute Gasteiger partial charge is 0.332 e. The van der Waals surface area contributed by atoms with Crippen LogP contribution in [0.2, 0.25) is 0 Å². The van der Waals surface area contributed by atoms with Gasteiger partial charge >= 0.3 is 5.97 Å². The lowest BCUT2D eigenvalue weighted by Gasteiger charge is -2.07. The number of carboxylic acid groups (broad SMARTS) is 1. The van der Waals surface area contributed by atoms with E-state index in [9.17, 15) is 9.59 Å². The second-order valence-corrected chi connectivity index (χ2v) is 4.24. The Morgan fingerprint density at radius 1 is 1.50 bits per heavy atom.